The smallest absolute Gasteiger partial charge is 0.260 e. The zero-order valence-corrected chi connectivity index (χ0v) is 13.6. The van der Waals surface area contributed by atoms with Gasteiger partial charge in [-0.3, -0.25) is 4.79 Å². The third-order valence-corrected chi connectivity index (χ3v) is 4.50. The van der Waals surface area contributed by atoms with E-state index in [1.807, 2.05) is 0 Å². The average Bonchev–Trinajstić information content (AvgIpc) is 3.06. The van der Waals surface area contributed by atoms with E-state index in [0.29, 0.717) is 11.5 Å². The lowest BCUT2D eigenvalue weighted by atomic mass is 10.3. The number of nitrogens with one attached hydrogen (secondary N) is 2. The van der Waals surface area contributed by atoms with Crippen molar-refractivity contribution < 1.29 is 22.4 Å². The summed E-state index contributed by atoms with van der Waals surface area (Å²) in [6.45, 7) is 1.68. The van der Waals surface area contributed by atoms with Crippen LogP contribution in [-0.4, -0.2) is 27.5 Å². The molecule has 23 heavy (non-hydrogen) atoms. The van der Waals surface area contributed by atoms with Crippen LogP contribution in [0.5, 0.6) is 5.75 Å². The zero-order chi connectivity index (χ0) is 16.9. The van der Waals surface area contributed by atoms with Gasteiger partial charge in [0.05, 0.1) is 17.7 Å². The monoisotopic (exact) mass is 338 g/mol. The summed E-state index contributed by atoms with van der Waals surface area (Å²) in [5.41, 5.74) is 0. The van der Waals surface area contributed by atoms with Crippen molar-refractivity contribution in [2.24, 2.45) is 0 Å². The molecular formula is C15H18N2O5S. The first-order valence-corrected chi connectivity index (χ1v) is 8.41. The van der Waals surface area contributed by atoms with Crippen LogP contribution in [0.1, 0.15) is 12.7 Å². The van der Waals surface area contributed by atoms with Crippen LogP contribution in [0.2, 0.25) is 0 Å². The molecule has 2 N–H and O–H groups in total. The van der Waals surface area contributed by atoms with Crippen molar-refractivity contribution in [1.82, 2.24) is 10.0 Å². The van der Waals surface area contributed by atoms with Gasteiger partial charge in [-0.15, -0.1) is 0 Å². The molecule has 0 saturated carbocycles. The second-order valence-corrected chi connectivity index (χ2v) is 6.52. The number of hydrogen-bond acceptors (Lipinski definition) is 5. The van der Waals surface area contributed by atoms with Crippen molar-refractivity contribution in [3.05, 3.63) is 48.4 Å². The van der Waals surface area contributed by atoms with Gasteiger partial charge in [0.15, 0.2) is 6.10 Å². The quantitative estimate of drug-likeness (QED) is 0.792. The fourth-order valence-corrected chi connectivity index (χ4v) is 2.81. The van der Waals surface area contributed by atoms with Gasteiger partial charge in [-0.05, 0) is 43.3 Å². The predicted octanol–water partition coefficient (Wildman–Crippen LogP) is 1.27. The molecule has 1 aromatic heterocycles. The van der Waals surface area contributed by atoms with E-state index in [1.54, 1.807) is 19.1 Å². The zero-order valence-electron chi connectivity index (χ0n) is 12.8. The summed E-state index contributed by atoms with van der Waals surface area (Å²) in [7, 11) is -2.13. The van der Waals surface area contributed by atoms with Gasteiger partial charge in [0.1, 0.15) is 11.5 Å². The number of amides is 1. The highest BCUT2D eigenvalue weighted by molar-refractivity contribution is 7.89. The molecule has 0 fully saturated rings. The Kier molecular flexibility index (Phi) is 5.41. The first kappa shape index (κ1) is 17.0. The van der Waals surface area contributed by atoms with Crippen LogP contribution in [0.15, 0.2) is 52.0 Å². The Morgan fingerprint density at radius 2 is 1.96 bits per heavy atom. The van der Waals surface area contributed by atoms with Gasteiger partial charge in [-0.1, -0.05) is 0 Å². The Hall–Kier alpha value is -2.32. The van der Waals surface area contributed by atoms with Gasteiger partial charge < -0.3 is 14.5 Å². The summed E-state index contributed by atoms with van der Waals surface area (Å²) in [6.07, 6.45) is 0.808. The standard InChI is InChI=1S/C15H18N2O5S/c1-11(15(18)16-2)22-12-5-7-14(8-6-12)23(19,20)17-10-13-4-3-9-21-13/h3-9,11,17H,10H2,1-2H3,(H,16,18)/t11-/m1/s1. The molecule has 0 spiro atoms. The molecule has 1 atom stereocenters. The molecule has 2 aromatic rings. The van der Waals surface area contributed by atoms with Gasteiger partial charge in [0, 0.05) is 7.05 Å². The number of sulfonamides is 1. The summed E-state index contributed by atoms with van der Waals surface area (Å²) in [5, 5.41) is 2.47. The average molecular weight is 338 g/mol. The van der Waals surface area contributed by atoms with Crippen molar-refractivity contribution in [2.75, 3.05) is 7.05 Å². The molecule has 0 bridgehead atoms. The van der Waals surface area contributed by atoms with Gasteiger partial charge in [0.25, 0.3) is 5.91 Å². The Balaban J connectivity index is 2.01. The summed E-state index contributed by atoms with van der Waals surface area (Å²) in [4.78, 5) is 11.5. The van der Waals surface area contributed by atoms with Crippen LogP contribution in [0.25, 0.3) is 0 Å². The van der Waals surface area contributed by atoms with E-state index >= 15 is 0 Å². The SMILES string of the molecule is CNC(=O)[C@@H](C)Oc1ccc(S(=O)(=O)NCc2ccco2)cc1. The molecule has 0 aliphatic heterocycles. The largest absolute Gasteiger partial charge is 0.481 e. The number of hydrogen-bond donors (Lipinski definition) is 2. The van der Waals surface area contributed by atoms with E-state index in [2.05, 4.69) is 10.0 Å². The van der Waals surface area contributed by atoms with E-state index in [4.69, 9.17) is 9.15 Å². The number of carbonyl (C=O) groups is 1. The van der Waals surface area contributed by atoms with Crippen LogP contribution < -0.4 is 14.8 Å². The van der Waals surface area contributed by atoms with Crippen LogP contribution in [0.4, 0.5) is 0 Å². The fraction of sp³-hybridized carbons (Fsp3) is 0.267. The lowest BCUT2D eigenvalue weighted by molar-refractivity contribution is -0.126. The van der Waals surface area contributed by atoms with E-state index in [1.165, 1.54) is 37.6 Å². The second kappa shape index (κ2) is 7.30. The lowest BCUT2D eigenvalue weighted by Gasteiger charge is -2.13. The lowest BCUT2D eigenvalue weighted by Crippen LogP contribution is -2.33. The first-order valence-electron chi connectivity index (χ1n) is 6.93. The molecule has 0 saturated heterocycles. The molecule has 1 aromatic carbocycles. The van der Waals surface area contributed by atoms with Crippen LogP contribution in [-0.2, 0) is 21.4 Å². The Morgan fingerprint density at radius 3 is 2.52 bits per heavy atom. The molecule has 0 aliphatic rings. The highest BCUT2D eigenvalue weighted by Gasteiger charge is 2.16. The molecule has 124 valence electrons. The minimum Gasteiger partial charge on any atom is -0.481 e. The van der Waals surface area contributed by atoms with Crippen molar-refractivity contribution >= 4 is 15.9 Å². The maximum absolute atomic E-state index is 12.2. The maximum Gasteiger partial charge on any atom is 0.260 e. The first-order chi connectivity index (χ1) is 10.9. The van der Waals surface area contributed by atoms with Gasteiger partial charge in [-0.2, -0.15) is 0 Å². The predicted molar refractivity (Wildman–Crippen MR) is 83.3 cm³/mol. The van der Waals surface area contributed by atoms with Crippen LogP contribution in [0.3, 0.4) is 0 Å². The minimum absolute atomic E-state index is 0.0707. The number of carbonyl (C=O) groups excluding carboxylic acids is 1. The number of likely N-dealkylation sites (N-methyl/N-ethyl adjacent to an activating group) is 1. The van der Waals surface area contributed by atoms with Crippen molar-refractivity contribution in [3.63, 3.8) is 0 Å². The third kappa shape index (κ3) is 4.57. The molecule has 0 unspecified atom stereocenters. The summed E-state index contributed by atoms with van der Waals surface area (Å²) >= 11 is 0. The van der Waals surface area contributed by atoms with E-state index in [0.717, 1.165) is 0 Å². The van der Waals surface area contributed by atoms with Gasteiger partial charge in [0.2, 0.25) is 10.0 Å². The molecule has 8 heteroatoms. The maximum atomic E-state index is 12.2. The highest BCUT2D eigenvalue weighted by atomic mass is 32.2. The van der Waals surface area contributed by atoms with E-state index in [9.17, 15) is 13.2 Å². The van der Waals surface area contributed by atoms with Crippen LogP contribution >= 0.6 is 0 Å². The van der Waals surface area contributed by atoms with Gasteiger partial charge in [-0.25, -0.2) is 13.1 Å². The summed E-state index contributed by atoms with van der Waals surface area (Å²) < 4.78 is 37.2. The molecule has 0 aliphatic carbocycles. The van der Waals surface area contributed by atoms with Crippen LogP contribution in [0, 0.1) is 0 Å². The molecule has 2 rings (SSSR count). The molecule has 1 heterocycles. The van der Waals surface area contributed by atoms with E-state index < -0.39 is 16.1 Å². The number of rotatable bonds is 7. The van der Waals surface area contributed by atoms with E-state index in [-0.39, 0.29) is 17.3 Å². The van der Waals surface area contributed by atoms with Crippen molar-refractivity contribution in [3.8, 4) is 5.75 Å². The molecule has 7 nitrogen and oxygen atoms in total. The second-order valence-electron chi connectivity index (χ2n) is 4.75. The Morgan fingerprint density at radius 1 is 1.26 bits per heavy atom. The topological polar surface area (TPSA) is 97.6 Å². The number of benzene rings is 1. The summed E-state index contributed by atoms with van der Waals surface area (Å²) in [6, 6.07) is 9.19. The normalized spacial score (nSPS) is 12.6. The Bertz CT molecular complexity index is 739. The number of ether oxygens (including phenoxy) is 1. The van der Waals surface area contributed by atoms with Crippen molar-refractivity contribution in [2.45, 2.75) is 24.5 Å². The summed E-state index contributed by atoms with van der Waals surface area (Å²) in [5.74, 6) is 0.667. The minimum atomic E-state index is -3.65. The highest BCUT2D eigenvalue weighted by Crippen LogP contribution is 2.17. The molecular weight excluding hydrogens is 320 g/mol. The van der Waals surface area contributed by atoms with Gasteiger partial charge >= 0.3 is 0 Å². The van der Waals surface area contributed by atoms with Crippen molar-refractivity contribution in [1.29, 1.82) is 0 Å². The third-order valence-electron chi connectivity index (χ3n) is 3.08. The Labute approximate surface area is 134 Å². The molecule has 0 radical (unpaired) electrons. The fourth-order valence-electron chi connectivity index (χ4n) is 1.82. The molecule has 1 amide bonds. The number of furan rings is 1.